The molecule has 0 spiro atoms. The maximum absolute atomic E-state index is 11.2. The van der Waals surface area contributed by atoms with Crippen LogP contribution in [-0.2, 0) is 4.79 Å². The van der Waals surface area contributed by atoms with Crippen LogP contribution in [-0.4, -0.2) is 20.6 Å². The Balaban J connectivity index is 2.29. The van der Waals surface area contributed by atoms with Gasteiger partial charge in [0.15, 0.2) is 0 Å². The van der Waals surface area contributed by atoms with Gasteiger partial charge in [-0.3, -0.25) is 9.69 Å². The Morgan fingerprint density at radius 2 is 1.16 bits per heavy atom. The van der Waals surface area contributed by atoms with E-state index in [4.69, 9.17) is 9.47 Å². The highest BCUT2D eigenvalue weighted by Gasteiger charge is 2.09. The molecule has 4 nitrogen and oxygen atoms in total. The second-order valence-electron chi connectivity index (χ2n) is 3.82. The van der Waals surface area contributed by atoms with E-state index in [2.05, 4.69) is 0 Å². The quantitative estimate of drug-likeness (QED) is 0.772. The zero-order valence-corrected chi connectivity index (χ0v) is 10.8. The monoisotopic (exact) mass is 256 g/mol. The van der Waals surface area contributed by atoms with Crippen molar-refractivity contribution in [1.82, 2.24) is 0 Å². The normalized spacial score (nSPS) is 9.79. The first kappa shape index (κ1) is 13.0. The van der Waals surface area contributed by atoms with Gasteiger partial charge >= 0.3 is 6.41 Å². The van der Waals surface area contributed by atoms with Gasteiger partial charge in [0, 0.05) is 11.4 Å². The molecule has 4 heteroatoms. The Morgan fingerprint density at radius 1 is 0.789 bits per heavy atom. The van der Waals surface area contributed by atoms with Crippen LogP contribution < -0.4 is 14.4 Å². The minimum absolute atomic E-state index is 0.723. The number of carbonyl (C=O) groups excluding carboxylic acids is 1. The van der Waals surface area contributed by atoms with Gasteiger partial charge in [0.2, 0.25) is 0 Å². The number of rotatable bonds is 5. The standard InChI is InChI=1S/C15H14NO3/c1-18-14-7-3-12(4-8-14)16(11-17)13-5-9-15(19-2)10-6-13/h3-10H,1-2H3. The van der Waals surface area contributed by atoms with Gasteiger partial charge in [-0.1, -0.05) is 0 Å². The van der Waals surface area contributed by atoms with Crippen molar-refractivity contribution in [1.29, 1.82) is 0 Å². The van der Waals surface area contributed by atoms with Crippen LogP contribution in [0.4, 0.5) is 11.4 Å². The molecule has 0 unspecified atom stereocenters. The highest BCUT2D eigenvalue weighted by Crippen LogP contribution is 2.27. The minimum Gasteiger partial charge on any atom is -0.497 e. The predicted molar refractivity (Wildman–Crippen MR) is 73.8 cm³/mol. The summed E-state index contributed by atoms with van der Waals surface area (Å²) in [6.45, 7) is 0. The van der Waals surface area contributed by atoms with Crippen LogP contribution in [0, 0.1) is 0 Å². The molecule has 2 rings (SSSR count). The zero-order valence-electron chi connectivity index (χ0n) is 10.8. The van der Waals surface area contributed by atoms with Gasteiger partial charge < -0.3 is 9.47 Å². The van der Waals surface area contributed by atoms with Gasteiger partial charge in [-0.05, 0) is 48.5 Å². The second kappa shape index (κ2) is 5.91. The topological polar surface area (TPSA) is 38.8 Å². The summed E-state index contributed by atoms with van der Waals surface area (Å²) in [5.74, 6) is 1.48. The SMILES string of the molecule is COc1ccc(N([C]=O)c2ccc(OC)cc2)cc1. The number of ether oxygens (including phenoxy) is 2. The van der Waals surface area contributed by atoms with Crippen LogP contribution in [0.15, 0.2) is 48.5 Å². The molecule has 0 saturated carbocycles. The average molecular weight is 256 g/mol. The first-order chi connectivity index (χ1) is 9.28. The number of nitrogens with zero attached hydrogens (tertiary/aromatic N) is 1. The molecular formula is C15H14NO3. The van der Waals surface area contributed by atoms with Crippen molar-refractivity contribution in [2.75, 3.05) is 19.1 Å². The first-order valence-corrected chi connectivity index (χ1v) is 5.74. The minimum atomic E-state index is 0.723. The molecule has 1 radical (unpaired) electrons. The maximum atomic E-state index is 11.2. The molecule has 0 saturated heterocycles. The number of amides is 1. The third-order valence-electron chi connectivity index (χ3n) is 2.75. The van der Waals surface area contributed by atoms with E-state index in [-0.39, 0.29) is 0 Å². The summed E-state index contributed by atoms with van der Waals surface area (Å²) in [6, 6.07) is 14.4. The van der Waals surface area contributed by atoms with Gasteiger partial charge in [0.05, 0.1) is 14.2 Å². The molecule has 0 aromatic heterocycles. The van der Waals surface area contributed by atoms with E-state index < -0.39 is 0 Å². The number of hydrogen-bond acceptors (Lipinski definition) is 3. The van der Waals surface area contributed by atoms with Gasteiger partial charge in [0.25, 0.3) is 0 Å². The lowest BCUT2D eigenvalue weighted by Crippen LogP contribution is -2.13. The lowest BCUT2D eigenvalue weighted by Gasteiger charge is -2.17. The summed E-state index contributed by atoms with van der Waals surface area (Å²) in [4.78, 5) is 12.6. The summed E-state index contributed by atoms with van der Waals surface area (Å²) in [5, 5.41) is 0. The Hall–Kier alpha value is -2.49. The molecule has 0 aliphatic rings. The van der Waals surface area contributed by atoms with E-state index in [1.54, 1.807) is 62.8 Å². The van der Waals surface area contributed by atoms with E-state index in [0.717, 1.165) is 22.9 Å². The van der Waals surface area contributed by atoms with E-state index in [0.29, 0.717) is 0 Å². The third-order valence-corrected chi connectivity index (χ3v) is 2.75. The van der Waals surface area contributed by atoms with Crippen LogP contribution in [0.25, 0.3) is 0 Å². The second-order valence-corrected chi connectivity index (χ2v) is 3.82. The smallest absolute Gasteiger partial charge is 0.321 e. The Kier molecular flexibility index (Phi) is 4.03. The van der Waals surface area contributed by atoms with E-state index >= 15 is 0 Å². The first-order valence-electron chi connectivity index (χ1n) is 5.74. The lowest BCUT2D eigenvalue weighted by molar-refractivity contribution is 0.415. The summed E-state index contributed by atoms with van der Waals surface area (Å²) < 4.78 is 10.2. The van der Waals surface area contributed by atoms with Crippen molar-refractivity contribution < 1.29 is 14.3 Å². The highest BCUT2D eigenvalue weighted by atomic mass is 16.5. The highest BCUT2D eigenvalue weighted by molar-refractivity contribution is 5.86. The van der Waals surface area contributed by atoms with Crippen LogP contribution >= 0.6 is 0 Å². The summed E-state index contributed by atoms with van der Waals surface area (Å²) in [7, 11) is 3.20. The molecule has 0 fully saturated rings. The molecule has 0 heterocycles. The van der Waals surface area contributed by atoms with Gasteiger partial charge in [-0.15, -0.1) is 0 Å². The van der Waals surface area contributed by atoms with E-state index in [1.807, 2.05) is 6.41 Å². The molecule has 2 aromatic rings. The zero-order chi connectivity index (χ0) is 13.7. The van der Waals surface area contributed by atoms with E-state index in [9.17, 15) is 4.79 Å². The summed E-state index contributed by atoms with van der Waals surface area (Å²) in [6.07, 6.45) is 1.91. The van der Waals surface area contributed by atoms with Crippen molar-refractivity contribution in [3.63, 3.8) is 0 Å². The third kappa shape index (κ3) is 2.85. The molecule has 0 aliphatic carbocycles. The predicted octanol–water partition coefficient (Wildman–Crippen LogP) is 2.91. The largest absolute Gasteiger partial charge is 0.497 e. The Labute approximate surface area is 112 Å². The van der Waals surface area contributed by atoms with Gasteiger partial charge in [-0.25, -0.2) is 0 Å². The fraction of sp³-hybridized carbons (Fsp3) is 0.133. The van der Waals surface area contributed by atoms with E-state index in [1.165, 1.54) is 4.90 Å². The van der Waals surface area contributed by atoms with Gasteiger partial charge in [-0.2, -0.15) is 0 Å². The van der Waals surface area contributed by atoms with Crippen LogP contribution in [0.5, 0.6) is 11.5 Å². The van der Waals surface area contributed by atoms with Crippen LogP contribution in [0.1, 0.15) is 0 Å². The van der Waals surface area contributed by atoms with Crippen LogP contribution in [0.3, 0.4) is 0 Å². The number of hydrogen-bond donors (Lipinski definition) is 0. The molecule has 0 aliphatic heterocycles. The molecule has 0 N–H and O–H groups in total. The fourth-order valence-electron chi connectivity index (χ4n) is 1.72. The number of methoxy groups -OCH3 is 2. The van der Waals surface area contributed by atoms with Crippen molar-refractivity contribution in [2.45, 2.75) is 0 Å². The summed E-state index contributed by atoms with van der Waals surface area (Å²) in [5.41, 5.74) is 1.45. The fourth-order valence-corrected chi connectivity index (χ4v) is 1.72. The molecule has 0 atom stereocenters. The van der Waals surface area contributed by atoms with Crippen molar-refractivity contribution in [3.8, 4) is 11.5 Å². The number of anilines is 2. The molecule has 19 heavy (non-hydrogen) atoms. The van der Waals surface area contributed by atoms with Gasteiger partial charge in [0.1, 0.15) is 11.5 Å². The lowest BCUT2D eigenvalue weighted by atomic mass is 10.2. The molecule has 1 amide bonds. The molecular weight excluding hydrogens is 242 g/mol. The van der Waals surface area contributed by atoms with Crippen molar-refractivity contribution in [3.05, 3.63) is 48.5 Å². The molecule has 97 valence electrons. The van der Waals surface area contributed by atoms with Crippen molar-refractivity contribution in [2.24, 2.45) is 0 Å². The average Bonchev–Trinajstić information content (AvgIpc) is 2.49. The maximum Gasteiger partial charge on any atom is 0.321 e. The number of benzene rings is 2. The molecule has 2 aromatic carbocycles. The summed E-state index contributed by atoms with van der Waals surface area (Å²) >= 11 is 0. The Morgan fingerprint density at radius 3 is 1.42 bits per heavy atom. The molecule has 0 bridgehead atoms. The van der Waals surface area contributed by atoms with Crippen LogP contribution in [0.2, 0.25) is 0 Å². The van der Waals surface area contributed by atoms with Crippen molar-refractivity contribution >= 4 is 17.8 Å². The Bertz CT molecular complexity index is 487.